The molecule has 1 N–H and O–H groups in total. The first-order chi connectivity index (χ1) is 7.73. The molecule has 17 heavy (non-hydrogen) atoms. The summed E-state index contributed by atoms with van der Waals surface area (Å²) in [4.78, 5) is 6.57. The van der Waals surface area contributed by atoms with Gasteiger partial charge in [-0.3, -0.25) is 0 Å². The minimum atomic E-state index is -0.457. The largest absolute Gasteiger partial charge is 0.389 e. The molecule has 1 unspecified atom stereocenters. The molecular formula is C14H24N2O. The zero-order chi connectivity index (χ0) is 13.2. The number of rotatable bonds is 3. The van der Waals surface area contributed by atoms with Crippen LogP contribution in [0.5, 0.6) is 0 Å². The molecule has 1 aromatic heterocycles. The molecule has 0 aliphatic heterocycles. The summed E-state index contributed by atoms with van der Waals surface area (Å²) in [7, 11) is 2.06. The van der Waals surface area contributed by atoms with Crippen LogP contribution in [-0.4, -0.2) is 23.2 Å². The first-order valence-corrected chi connectivity index (χ1v) is 6.10. The second kappa shape index (κ2) is 5.05. The van der Waals surface area contributed by atoms with Crippen LogP contribution in [0, 0.1) is 5.41 Å². The fraction of sp³-hybridized carbons (Fsp3) is 0.643. The van der Waals surface area contributed by atoms with E-state index in [0.29, 0.717) is 6.04 Å². The Hall–Kier alpha value is -1.09. The van der Waals surface area contributed by atoms with Crippen molar-refractivity contribution in [2.45, 2.75) is 46.8 Å². The van der Waals surface area contributed by atoms with Crippen molar-refractivity contribution in [1.82, 2.24) is 4.98 Å². The summed E-state index contributed by atoms with van der Waals surface area (Å²) in [5.41, 5.74) is 1.06. The van der Waals surface area contributed by atoms with E-state index in [-0.39, 0.29) is 5.41 Å². The summed E-state index contributed by atoms with van der Waals surface area (Å²) in [5.74, 6) is 0.942. The molecule has 1 aromatic rings. The average molecular weight is 236 g/mol. The van der Waals surface area contributed by atoms with Crippen molar-refractivity contribution < 1.29 is 5.11 Å². The molecule has 0 spiro atoms. The first kappa shape index (κ1) is 14.0. The Labute approximate surface area is 104 Å². The molecule has 0 aliphatic rings. The van der Waals surface area contributed by atoms with Crippen LogP contribution in [0.15, 0.2) is 18.3 Å². The molecule has 96 valence electrons. The topological polar surface area (TPSA) is 36.4 Å². The Morgan fingerprint density at radius 1 is 1.24 bits per heavy atom. The Bertz CT molecular complexity index is 351. The fourth-order valence-corrected chi connectivity index (χ4v) is 1.63. The quantitative estimate of drug-likeness (QED) is 0.876. The van der Waals surface area contributed by atoms with Crippen LogP contribution in [0.3, 0.4) is 0 Å². The van der Waals surface area contributed by atoms with Crippen LogP contribution in [0.1, 0.15) is 46.3 Å². The summed E-state index contributed by atoms with van der Waals surface area (Å²) in [6.45, 7) is 10.6. The highest BCUT2D eigenvalue weighted by molar-refractivity contribution is 5.40. The molecule has 0 fully saturated rings. The van der Waals surface area contributed by atoms with Crippen molar-refractivity contribution in [2.24, 2.45) is 5.41 Å². The highest BCUT2D eigenvalue weighted by Gasteiger charge is 2.24. The van der Waals surface area contributed by atoms with Gasteiger partial charge in [-0.15, -0.1) is 0 Å². The molecule has 0 amide bonds. The molecule has 0 saturated heterocycles. The third-order valence-corrected chi connectivity index (χ3v) is 3.45. The van der Waals surface area contributed by atoms with E-state index in [0.717, 1.165) is 11.4 Å². The van der Waals surface area contributed by atoms with E-state index >= 15 is 0 Å². The van der Waals surface area contributed by atoms with Gasteiger partial charge in [-0.05, 0) is 30.9 Å². The lowest BCUT2D eigenvalue weighted by molar-refractivity contribution is 0.199. The number of anilines is 1. The summed E-state index contributed by atoms with van der Waals surface area (Å²) in [5, 5.41) is 9.44. The van der Waals surface area contributed by atoms with Crippen molar-refractivity contribution in [1.29, 1.82) is 0 Å². The monoisotopic (exact) mass is 236 g/mol. The Morgan fingerprint density at radius 2 is 1.82 bits per heavy atom. The standard InChI is InChI=1S/C14H24N2O/c1-10(17)12-7-8-13(15-9-12)16(6)11(2)14(3,4)5/h7-11,17H,1-6H3/t10-,11?/m1/s1. The molecule has 0 saturated carbocycles. The molecule has 0 bridgehead atoms. The maximum Gasteiger partial charge on any atom is 0.128 e. The lowest BCUT2D eigenvalue weighted by Crippen LogP contribution is -2.39. The minimum Gasteiger partial charge on any atom is -0.389 e. The van der Waals surface area contributed by atoms with E-state index in [1.165, 1.54) is 0 Å². The van der Waals surface area contributed by atoms with Gasteiger partial charge >= 0.3 is 0 Å². The number of pyridine rings is 1. The van der Waals surface area contributed by atoms with E-state index in [2.05, 4.69) is 44.6 Å². The van der Waals surface area contributed by atoms with E-state index in [4.69, 9.17) is 0 Å². The van der Waals surface area contributed by atoms with Gasteiger partial charge in [-0.1, -0.05) is 26.8 Å². The predicted octanol–water partition coefficient (Wildman–Crippen LogP) is 3.01. The molecule has 3 nitrogen and oxygen atoms in total. The third kappa shape index (κ3) is 3.43. The van der Waals surface area contributed by atoms with Gasteiger partial charge < -0.3 is 10.0 Å². The number of aliphatic hydroxyl groups is 1. The maximum absolute atomic E-state index is 9.44. The van der Waals surface area contributed by atoms with Gasteiger partial charge in [-0.25, -0.2) is 4.98 Å². The van der Waals surface area contributed by atoms with Crippen LogP contribution in [0.4, 0.5) is 5.82 Å². The highest BCUT2D eigenvalue weighted by Crippen LogP contribution is 2.26. The molecule has 2 atom stereocenters. The van der Waals surface area contributed by atoms with Crippen LogP contribution >= 0.6 is 0 Å². The van der Waals surface area contributed by atoms with Crippen molar-refractivity contribution >= 4 is 5.82 Å². The van der Waals surface area contributed by atoms with E-state index in [1.54, 1.807) is 13.1 Å². The molecule has 3 heteroatoms. The normalized spacial score (nSPS) is 15.5. The number of aromatic nitrogens is 1. The SMILES string of the molecule is CC(N(C)c1ccc([C@@H](C)O)cn1)C(C)(C)C. The van der Waals surface area contributed by atoms with Gasteiger partial charge in [0.25, 0.3) is 0 Å². The average Bonchev–Trinajstić information content (AvgIpc) is 2.26. The summed E-state index contributed by atoms with van der Waals surface area (Å²) in [6, 6.07) is 4.29. The van der Waals surface area contributed by atoms with E-state index in [1.807, 2.05) is 12.1 Å². The molecule has 1 heterocycles. The minimum absolute atomic E-state index is 0.208. The Kier molecular flexibility index (Phi) is 4.15. The second-order valence-electron chi connectivity index (χ2n) is 5.78. The summed E-state index contributed by atoms with van der Waals surface area (Å²) < 4.78 is 0. The fourth-order valence-electron chi connectivity index (χ4n) is 1.63. The zero-order valence-electron chi connectivity index (χ0n) is 11.7. The van der Waals surface area contributed by atoms with Crippen LogP contribution in [0.25, 0.3) is 0 Å². The van der Waals surface area contributed by atoms with Gasteiger partial charge in [0.15, 0.2) is 0 Å². The number of hydrogen-bond acceptors (Lipinski definition) is 3. The van der Waals surface area contributed by atoms with Crippen molar-refractivity contribution in [3.05, 3.63) is 23.9 Å². The third-order valence-electron chi connectivity index (χ3n) is 3.45. The van der Waals surface area contributed by atoms with Crippen LogP contribution < -0.4 is 4.90 Å². The number of nitrogens with zero attached hydrogens (tertiary/aromatic N) is 2. The first-order valence-electron chi connectivity index (χ1n) is 6.10. The molecule has 1 rings (SSSR count). The summed E-state index contributed by atoms with van der Waals surface area (Å²) >= 11 is 0. The van der Waals surface area contributed by atoms with Gasteiger partial charge in [0.2, 0.25) is 0 Å². The summed E-state index contributed by atoms with van der Waals surface area (Å²) in [6.07, 6.45) is 1.29. The number of hydrogen-bond donors (Lipinski definition) is 1. The predicted molar refractivity (Wildman–Crippen MR) is 72.2 cm³/mol. The Morgan fingerprint density at radius 3 is 2.18 bits per heavy atom. The molecule has 0 aromatic carbocycles. The molecular weight excluding hydrogens is 212 g/mol. The Balaban J connectivity index is 2.87. The second-order valence-corrected chi connectivity index (χ2v) is 5.78. The van der Waals surface area contributed by atoms with Gasteiger partial charge in [0.1, 0.15) is 5.82 Å². The van der Waals surface area contributed by atoms with Crippen molar-refractivity contribution in [2.75, 3.05) is 11.9 Å². The smallest absolute Gasteiger partial charge is 0.128 e. The van der Waals surface area contributed by atoms with Crippen molar-refractivity contribution in [3.8, 4) is 0 Å². The zero-order valence-corrected chi connectivity index (χ0v) is 11.7. The highest BCUT2D eigenvalue weighted by atomic mass is 16.3. The lowest BCUT2D eigenvalue weighted by Gasteiger charge is -2.36. The van der Waals surface area contributed by atoms with Crippen molar-refractivity contribution in [3.63, 3.8) is 0 Å². The lowest BCUT2D eigenvalue weighted by atomic mass is 9.87. The van der Waals surface area contributed by atoms with Gasteiger partial charge in [-0.2, -0.15) is 0 Å². The van der Waals surface area contributed by atoms with E-state index in [9.17, 15) is 5.11 Å². The van der Waals surface area contributed by atoms with Gasteiger partial charge in [0, 0.05) is 19.3 Å². The number of aliphatic hydroxyl groups excluding tert-OH is 1. The van der Waals surface area contributed by atoms with Crippen LogP contribution in [0.2, 0.25) is 0 Å². The van der Waals surface area contributed by atoms with Crippen LogP contribution in [-0.2, 0) is 0 Å². The van der Waals surface area contributed by atoms with E-state index < -0.39 is 6.10 Å². The van der Waals surface area contributed by atoms with Gasteiger partial charge in [0.05, 0.1) is 6.10 Å². The maximum atomic E-state index is 9.44. The molecule has 0 aliphatic carbocycles. The molecule has 0 radical (unpaired) electrons.